The summed E-state index contributed by atoms with van der Waals surface area (Å²) in [5, 5.41) is 17.3. The molecule has 0 aliphatic rings. The van der Waals surface area contributed by atoms with E-state index in [1.165, 1.54) is 0 Å². The van der Waals surface area contributed by atoms with Gasteiger partial charge in [0.25, 0.3) is 0 Å². The second-order valence-electron chi connectivity index (χ2n) is 3.08. The van der Waals surface area contributed by atoms with Crippen molar-refractivity contribution >= 4 is 18.4 Å². The second-order valence-corrected chi connectivity index (χ2v) is 3.08. The Morgan fingerprint density at radius 1 is 1.50 bits per heavy atom. The predicted molar refractivity (Wildman–Crippen MR) is 48.3 cm³/mol. The van der Waals surface area contributed by atoms with Crippen LogP contribution in [0.2, 0.25) is 0 Å². The first-order chi connectivity index (χ1) is 4.95. The second kappa shape index (κ2) is 6.22. The third kappa shape index (κ3) is 5.35. The first-order valence-corrected chi connectivity index (χ1v) is 3.61. The summed E-state index contributed by atoms with van der Waals surface area (Å²) in [7, 11) is 0. The minimum atomic E-state index is -1.43. The van der Waals surface area contributed by atoms with Gasteiger partial charge in [-0.05, 0) is 12.3 Å². The maximum absolute atomic E-state index is 10.2. The number of hydrogen-bond acceptors (Lipinski definition) is 3. The molecule has 0 spiro atoms. The van der Waals surface area contributed by atoms with Crippen LogP contribution in [-0.2, 0) is 4.79 Å². The number of carbonyl (C=O) groups is 1. The lowest BCUT2D eigenvalue weighted by atomic mass is 10.0. The first kappa shape index (κ1) is 14.2. The van der Waals surface area contributed by atoms with Crippen molar-refractivity contribution in [3.8, 4) is 0 Å². The molecule has 0 aliphatic heterocycles. The maximum Gasteiger partial charge on any atom is 0.334 e. The van der Waals surface area contributed by atoms with Crippen molar-refractivity contribution in [1.82, 2.24) is 0 Å². The standard InChI is InChI=1S/C7H15NO3.ClH/c1-4(2)3-5(8)6(9)7(10)11;/h4-6,9H,3,8H2,1-2H3,(H,10,11);1H/t5-,6-;/m0./s1. The number of aliphatic hydroxyl groups excluding tert-OH is 1. The molecule has 0 amide bonds. The molecule has 2 atom stereocenters. The third-order valence-electron chi connectivity index (χ3n) is 1.40. The van der Waals surface area contributed by atoms with Crippen molar-refractivity contribution in [2.75, 3.05) is 0 Å². The van der Waals surface area contributed by atoms with E-state index in [2.05, 4.69) is 0 Å². The Labute approximate surface area is 78.2 Å². The number of halogens is 1. The summed E-state index contributed by atoms with van der Waals surface area (Å²) in [6, 6.07) is -0.660. The molecular weight excluding hydrogens is 182 g/mol. The number of nitrogens with two attached hydrogens (primary N) is 1. The number of carboxylic acid groups (broad SMARTS) is 1. The molecule has 4 nitrogen and oxygen atoms in total. The highest BCUT2D eigenvalue weighted by molar-refractivity contribution is 5.85. The normalized spacial score (nSPS) is 15.1. The fraction of sp³-hybridized carbons (Fsp3) is 0.857. The highest BCUT2D eigenvalue weighted by Crippen LogP contribution is 2.05. The van der Waals surface area contributed by atoms with Gasteiger partial charge in [0, 0.05) is 6.04 Å². The molecule has 0 aliphatic carbocycles. The summed E-state index contributed by atoms with van der Waals surface area (Å²) in [4.78, 5) is 10.2. The van der Waals surface area contributed by atoms with Crippen LogP contribution in [0, 0.1) is 5.92 Å². The fourth-order valence-corrected chi connectivity index (χ4v) is 0.856. The lowest BCUT2D eigenvalue weighted by molar-refractivity contribution is -0.147. The van der Waals surface area contributed by atoms with Crippen LogP contribution in [0.5, 0.6) is 0 Å². The summed E-state index contributed by atoms with van der Waals surface area (Å²) in [6.07, 6.45) is -0.912. The van der Waals surface area contributed by atoms with Crippen molar-refractivity contribution in [3.63, 3.8) is 0 Å². The van der Waals surface area contributed by atoms with Gasteiger partial charge < -0.3 is 15.9 Å². The van der Waals surface area contributed by atoms with Gasteiger partial charge in [0.2, 0.25) is 0 Å². The minimum Gasteiger partial charge on any atom is -0.479 e. The van der Waals surface area contributed by atoms with E-state index in [9.17, 15) is 4.79 Å². The summed E-state index contributed by atoms with van der Waals surface area (Å²) in [5.41, 5.74) is 5.39. The van der Waals surface area contributed by atoms with Crippen molar-refractivity contribution in [3.05, 3.63) is 0 Å². The van der Waals surface area contributed by atoms with Gasteiger partial charge >= 0.3 is 5.97 Å². The van der Waals surface area contributed by atoms with E-state index in [1.54, 1.807) is 0 Å². The lowest BCUT2D eigenvalue weighted by Gasteiger charge is -2.16. The zero-order valence-electron chi connectivity index (χ0n) is 7.23. The predicted octanol–water partition coefficient (Wildman–Crippen LogP) is 0.227. The smallest absolute Gasteiger partial charge is 0.334 e. The Morgan fingerprint density at radius 2 is 1.92 bits per heavy atom. The molecule has 0 rings (SSSR count). The Kier molecular flexibility index (Phi) is 7.37. The van der Waals surface area contributed by atoms with E-state index in [4.69, 9.17) is 15.9 Å². The Hall–Kier alpha value is -0.320. The van der Waals surface area contributed by atoms with Gasteiger partial charge in [0.05, 0.1) is 0 Å². The summed E-state index contributed by atoms with van der Waals surface area (Å²) >= 11 is 0. The van der Waals surface area contributed by atoms with Crippen LogP contribution in [0.3, 0.4) is 0 Å². The van der Waals surface area contributed by atoms with E-state index in [-0.39, 0.29) is 12.4 Å². The molecule has 0 aromatic carbocycles. The molecule has 12 heavy (non-hydrogen) atoms. The van der Waals surface area contributed by atoms with Crippen LogP contribution in [0.25, 0.3) is 0 Å². The van der Waals surface area contributed by atoms with Crippen LogP contribution >= 0.6 is 12.4 Å². The van der Waals surface area contributed by atoms with E-state index in [0.29, 0.717) is 12.3 Å². The molecule has 0 aromatic heterocycles. The van der Waals surface area contributed by atoms with Crippen LogP contribution in [0.1, 0.15) is 20.3 Å². The molecule has 0 radical (unpaired) electrons. The molecule has 74 valence electrons. The van der Waals surface area contributed by atoms with Gasteiger partial charge in [-0.1, -0.05) is 13.8 Å². The number of rotatable bonds is 4. The largest absolute Gasteiger partial charge is 0.479 e. The number of aliphatic carboxylic acids is 1. The van der Waals surface area contributed by atoms with Crippen molar-refractivity contribution in [2.24, 2.45) is 11.7 Å². The van der Waals surface area contributed by atoms with Crippen LogP contribution < -0.4 is 5.73 Å². The Morgan fingerprint density at radius 3 is 2.17 bits per heavy atom. The van der Waals surface area contributed by atoms with Crippen LogP contribution in [0.15, 0.2) is 0 Å². The Bertz CT molecular complexity index is 141. The SMILES string of the molecule is CC(C)C[C@H](N)[C@H](O)C(=O)O.Cl. The third-order valence-corrected chi connectivity index (χ3v) is 1.40. The van der Waals surface area contributed by atoms with Gasteiger partial charge in [-0.15, -0.1) is 12.4 Å². The highest BCUT2D eigenvalue weighted by Gasteiger charge is 2.22. The van der Waals surface area contributed by atoms with Gasteiger partial charge in [0.15, 0.2) is 6.10 Å². The quantitative estimate of drug-likeness (QED) is 0.603. The number of hydrogen-bond donors (Lipinski definition) is 3. The van der Waals surface area contributed by atoms with Gasteiger partial charge in [-0.2, -0.15) is 0 Å². The van der Waals surface area contributed by atoms with Crippen LogP contribution in [0.4, 0.5) is 0 Å². The molecule has 0 heterocycles. The molecular formula is C7H16ClNO3. The topological polar surface area (TPSA) is 83.5 Å². The molecule has 0 saturated heterocycles. The van der Waals surface area contributed by atoms with Crippen LogP contribution in [-0.4, -0.2) is 28.3 Å². The fourth-order valence-electron chi connectivity index (χ4n) is 0.856. The molecule has 4 N–H and O–H groups in total. The molecule has 0 bridgehead atoms. The lowest BCUT2D eigenvalue weighted by Crippen LogP contribution is -2.41. The summed E-state index contributed by atoms with van der Waals surface area (Å²) in [5.74, 6) is -0.947. The highest BCUT2D eigenvalue weighted by atomic mass is 35.5. The summed E-state index contributed by atoms with van der Waals surface area (Å²) in [6.45, 7) is 3.85. The van der Waals surface area contributed by atoms with Gasteiger partial charge in [-0.3, -0.25) is 0 Å². The zero-order valence-corrected chi connectivity index (χ0v) is 8.04. The number of carboxylic acids is 1. The molecule has 5 heteroatoms. The minimum absolute atomic E-state index is 0. The van der Waals surface area contributed by atoms with E-state index in [1.807, 2.05) is 13.8 Å². The van der Waals surface area contributed by atoms with E-state index in [0.717, 1.165) is 0 Å². The monoisotopic (exact) mass is 197 g/mol. The maximum atomic E-state index is 10.2. The zero-order chi connectivity index (χ0) is 9.02. The van der Waals surface area contributed by atoms with Gasteiger partial charge in [-0.25, -0.2) is 4.79 Å². The van der Waals surface area contributed by atoms with Gasteiger partial charge in [0.1, 0.15) is 0 Å². The van der Waals surface area contributed by atoms with Crippen molar-refractivity contribution < 1.29 is 15.0 Å². The molecule has 0 aromatic rings. The van der Waals surface area contributed by atoms with E-state index >= 15 is 0 Å². The average Bonchev–Trinajstić information content (AvgIpc) is 1.84. The Balaban J connectivity index is 0. The van der Waals surface area contributed by atoms with E-state index < -0.39 is 18.1 Å². The van der Waals surface area contributed by atoms with Crippen molar-refractivity contribution in [2.45, 2.75) is 32.4 Å². The average molecular weight is 198 g/mol. The molecule has 0 fully saturated rings. The first-order valence-electron chi connectivity index (χ1n) is 3.61. The summed E-state index contributed by atoms with van der Waals surface area (Å²) < 4.78 is 0. The van der Waals surface area contributed by atoms with Crippen molar-refractivity contribution in [1.29, 1.82) is 0 Å². The molecule has 0 unspecified atom stereocenters. The molecule has 0 saturated carbocycles. The number of aliphatic hydroxyl groups is 1.